The lowest BCUT2D eigenvalue weighted by atomic mass is 10.4. The maximum Gasteiger partial charge on any atom is 0.247 e. The fraction of sp³-hybridized carbons (Fsp3) is 0.200. The number of alkyl halides is 1. The highest BCUT2D eigenvalue weighted by atomic mass is 127. The van der Waals surface area contributed by atoms with Gasteiger partial charge in [0.2, 0.25) is 5.18 Å². The Morgan fingerprint density at radius 2 is 2.44 bits per heavy atom. The van der Waals surface area contributed by atoms with Crippen LogP contribution in [0, 0.1) is 0 Å². The Labute approximate surface area is 71.7 Å². The Bertz CT molecular complexity index is 176. The molecule has 0 aliphatic carbocycles. The van der Waals surface area contributed by atoms with Gasteiger partial charge in [0.1, 0.15) is 0 Å². The Morgan fingerprint density at radius 1 is 1.78 bits per heavy atom. The normalized spacial score (nSPS) is 33.4. The molecule has 0 aromatic heterocycles. The average Bonchev–Trinajstić information content (AvgIpc) is 1.77. The number of dihydropyridines is 1. The molecule has 4 heteroatoms. The summed E-state index contributed by atoms with van der Waals surface area (Å²) in [4.78, 5) is 0. The van der Waals surface area contributed by atoms with Crippen LogP contribution in [0.15, 0.2) is 21.9 Å². The fourth-order valence-corrected chi connectivity index (χ4v) is 0.960. The molecule has 1 rings (SSSR count). The summed E-state index contributed by atoms with van der Waals surface area (Å²) >= 11 is 7.50. The van der Waals surface area contributed by atoms with Gasteiger partial charge in [-0.25, -0.2) is 0 Å². The molecule has 2 nitrogen and oxygen atoms in total. The Hall–Kier alpha value is 0.260. The first-order chi connectivity index (χ1) is 4.13. The van der Waals surface area contributed by atoms with E-state index < -0.39 is 5.18 Å². The summed E-state index contributed by atoms with van der Waals surface area (Å²) < 4.78 is 0.671. The van der Waals surface area contributed by atoms with E-state index in [1.165, 1.54) is 0 Å². The van der Waals surface area contributed by atoms with Crippen LogP contribution in [0.2, 0.25) is 0 Å². The van der Waals surface area contributed by atoms with Gasteiger partial charge >= 0.3 is 0 Å². The molecule has 0 spiro atoms. The second-order valence-corrected chi connectivity index (χ2v) is 3.35. The monoisotopic (exact) mass is 257 g/mol. The number of rotatable bonds is 0. The molecule has 0 saturated heterocycles. The van der Waals surface area contributed by atoms with Crippen LogP contribution < -0.4 is 5.32 Å². The minimum absolute atomic E-state index is 0.671. The molecule has 9 heavy (non-hydrogen) atoms. The number of aliphatic hydroxyl groups is 1. The molecule has 1 heterocycles. The molecule has 0 saturated carbocycles. The quantitative estimate of drug-likeness (QED) is 0.390. The lowest BCUT2D eigenvalue weighted by Crippen LogP contribution is -2.37. The molecule has 1 unspecified atom stereocenters. The third-order valence-electron chi connectivity index (χ3n) is 0.930. The highest BCUT2D eigenvalue weighted by Crippen LogP contribution is 2.26. The second kappa shape index (κ2) is 2.48. The molecule has 1 aliphatic rings. The summed E-state index contributed by atoms with van der Waals surface area (Å²) in [6.07, 6.45) is 5.11. The zero-order chi connectivity index (χ0) is 6.91. The summed E-state index contributed by atoms with van der Waals surface area (Å²) in [5, 5.41) is 10.4. The Morgan fingerprint density at radius 3 is 2.78 bits per heavy atom. The van der Waals surface area contributed by atoms with E-state index in [1.807, 2.05) is 22.6 Å². The van der Waals surface area contributed by atoms with Crippen LogP contribution in [0.5, 0.6) is 0 Å². The number of halogens is 2. The highest BCUT2D eigenvalue weighted by Gasteiger charge is 2.26. The number of hydrogen-bond donors (Lipinski definition) is 2. The van der Waals surface area contributed by atoms with Crippen molar-refractivity contribution < 1.29 is 5.11 Å². The first-order valence-electron chi connectivity index (χ1n) is 2.35. The van der Waals surface area contributed by atoms with E-state index in [9.17, 15) is 5.11 Å². The van der Waals surface area contributed by atoms with E-state index >= 15 is 0 Å². The molecule has 0 bridgehead atoms. The SMILES string of the molecule is OC1(Cl)NC=CC=C1I. The van der Waals surface area contributed by atoms with Gasteiger partial charge in [0.25, 0.3) is 0 Å². The smallest absolute Gasteiger partial charge is 0.247 e. The first-order valence-corrected chi connectivity index (χ1v) is 3.80. The largest absolute Gasteiger partial charge is 0.354 e. The van der Waals surface area contributed by atoms with Gasteiger partial charge in [-0.3, -0.25) is 0 Å². The van der Waals surface area contributed by atoms with Crippen LogP contribution in [-0.2, 0) is 0 Å². The number of hydrogen-bond acceptors (Lipinski definition) is 2. The van der Waals surface area contributed by atoms with Crippen LogP contribution in [-0.4, -0.2) is 10.3 Å². The maximum absolute atomic E-state index is 9.17. The molecule has 0 aromatic carbocycles. The Kier molecular flexibility index (Phi) is 2.03. The molecule has 0 aromatic rings. The third-order valence-corrected chi connectivity index (χ3v) is 2.70. The van der Waals surface area contributed by atoms with Gasteiger partial charge in [-0.1, -0.05) is 11.6 Å². The van der Waals surface area contributed by atoms with E-state index in [2.05, 4.69) is 5.32 Å². The lowest BCUT2D eigenvalue weighted by molar-refractivity contribution is 0.154. The summed E-state index contributed by atoms with van der Waals surface area (Å²) in [5.41, 5.74) is 0. The third kappa shape index (κ3) is 1.59. The van der Waals surface area contributed by atoms with E-state index in [0.717, 1.165) is 0 Å². The van der Waals surface area contributed by atoms with Crippen LogP contribution in [0.3, 0.4) is 0 Å². The van der Waals surface area contributed by atoms with Gasteiger partial charge in [0.05, 0.1) is 3.58 Å². The minimum Gasteiger partial charge on any atom is -0.354 e. The topological polar surface area (TPSA) is 32.3 Å². The van der Waals surface area contributed by atoms with Gasteiger partial charge in [0.15, 0.2) is 0 Å². The van der Waals surface area contributed by atoms with Crippen molar-refractivity contribution in [3.63, 3.8) is 0 Å². The molecule has 1 atom stereocenters. The summed E-state index contributed by atoms with van der Waals surface area (Å²) in [7, 11) is 0. The van der Waals surface area contributed by atoms with Crippen LogP contribution in [0.25, 0.3) is 0 Å². The van der Waals surface area contributed by atoms with Crippen LogP contribution in [0.1, 0.15) is 0 Å². The van der Waals surface area contributed by atoms with E-state index in [1.54, 1.807) is 18.4 Å². The lowest BCUT2D eigenvalue weighted by Gasteiger charge is -2.22. The van der Waals surface area contributed by atoms with Crippen molar-refractivity contribution in [2.75, 3.05) is 0 Å². The molecule has 2 N–H and O–H groups in total. The molecule has 0 amide bonds. The van der Waals surface area contributed by atoms with Crippen molar-refractivity contribution in [3.05, 3.63) is 21.9 Å². The summed E-state index contributed by atoms with van der Waals surface area (Å²) in [6.45, 7) is 0. The Balaban J connectivity index is 2.83. The molecule has 0 radical (unpaired) electrons. The molecule has 50 valence electrons. The van der Waals surface area contributed by atoms with Crippen LogP contribution in [0.4, 0.5) is 0 Å². The van der Waals surface area contributed by atoms with Crippen molar-refractivity contribution in [2.24, 2.45) is 0 Å². The van der Waals surface area contributed by atoms with Crippen molar-refractivity contribution >= 4 is 34.2 Å². The summed E-state index contributed by atoms with van der Waals surface area (Å²) in [5.74, 6) is 0. The molecule has 0 fully saturated rings. The van der Waals surface area contributed by atoms with Crippen LogP contribution >= 0.6 is 34.2 Å². The predicted molar refractivity (Wildman–Crippen MR) is 45.2 cm³/mol. The maximum atomic E-state index is 9.17. The molecular weight excluding hydrogens is 252 g/mol. The van der Waals surface area contributed by atoms with Crippen molar-refractivity contribution in [3.8, 4) is 0 Å². The zero-order valence-electron chi connectivity index (χ0n) is 4.44. The number of allylic oxidation sites excluding steroid dienone is 2. The van der Waals surface area contributed by atoms with Gasteiger partial charge in [0, 0.05) is 6.20 Å². The second-order valence-electron chi connectivity index (χ2n) is 1.64. The van der Waals surface area contributed by atoms with Gasteiger partial charge < -0.3 is 10.4 Å². The van der Waals surface area contributed by atoms with Crippen molar-refractivity contribution in [2.45, 2.75) is 5.18 Å². The standard InChI is InChI=1S/C5H5ClINO/c6-5(9)4(7)2-1-3-8-5/h1-3,8-9H. The highest BCUT2D eigenvalue weighted by molar-refractivity contribution is 14.1. The van der Waals surface area contributed by atoms with Crippen molar-refractivity contribution in [1.82, 2.24) is 5.32 Å². The molecular formula is C5H5ClINO. The molecule has 1 aliphatic heterocycles. The first kappa shape index (κ1) is 7.37. The van der Waals surface area contributed by atoms with E-state index in [0.29, 0.717) is 3.58 Å². The fourth-order valence-electron chi connectivity index (χ4n) is 0.471. The average molecular weight is 257 g/mol. The van der Waals surface area contributed by atoms with E-state index in [4.69, 9.17) is 11.6 Å². The predicted octanol–water partition coefficient (Wildman–Crippen LogP) is 1.31. The van der Waals surface area contributed by atoms with E-state index in [-0.39, 0.29) is 0 Å². The van der Waals surface area contributed by atoms with Crippen molar-refractivity contribution in [1.29, 1.82) is 0 Å². The van der Waals surface area contributed by atoms with Gasteiger partial charge in [-0.15, -0.1) is 0 Å². The van der Waals surface area contributed by atoms with Gasteiger partial charge in [-0.2, -0.15) is 0 Å². The van der Waals surface area contributed by atoms with Gasteiger partial charge in [-0.05, 0) is 34.7 Å². The minimum atomic E-state index is -1.38. The summed E-state index contributed by atoms with van der Waals surface area (Å²) in [6, 6.07) is 0. The zero-order valence-corrected chi connectivity index (χ0v) is 7.35. The number of nitrogens with one attached hydrogen (secondary N) is 1.